The number of hydrogen-bond acceptors (Lipinski definition) is 3. The molecule has 0 saturated carbocycles. The van der Waals surface area contributed by atoms with Crippen LogP contribution in [0, 0.1) is 0 Å². The minimum atomic E-state index is 0.552. The molecule has 4 nitrogen and oxygen atoms in total. The zero-order chi connectivity index (χ0) is 13.5. The smallest absolute Gasteiger partial charge is 0.137 e. The number of anilines is 1. The molecule has 0 fully saturated rings. The summed E-state index contributed by atoms with van der Waals surface area (Å²) in [6, 6.07) is 4.65. The molecular weight excluding hydrogens is 236 g/mol. The normalized spacial score (nSPS) is 10.9. The number of imidazole rings is 1. The van der Waals surface area contributed by atoms with Crippen LogP contribution in [-0.2, 0) is 0 Å². The van der Waals surface area contributed by atoms with E-state index in [1.165, 1.54) is 25.7 Å². The number of nitrogens with zero attached hydrogens (tertiary/aromatic N) is 3. The summed E-state index contributed by atoms with van der Waals surface area (Å²) in [7, 11) is 0. The molecule has 0 unspecified atom stereocenters. The highest BCUT2D eigenvalue weighted by atomic mass is 15.1. The van der Waals surface area contributed by atoms with E-state index in [-0.39, 0.29) is 0 Å². The molecule has 2 aromatic rings. The van der Waals surface area contributed by atoms with Gasteiger partial charge in [0.2, 0.25) is 0 Å². The minimum Gasteiger partial charge on any atom is -0.381 e. The van der Waals surface area contributed by atoms with Crippen molar-refractivity contribution in [1.82, 2.24) is 14.5 Å². The largest absolute Gasteiger partial charge is 0.381 e. The Morgan fingerprint density at radius 1 is 1.21 bits per heavy atom. The lowest BCUT2D eigenvalue weighted by Crippen LogP contribution is -2.19. The van der Waals surface area contributed by atoms with E-state index in [9.17, 15) is 0 Å². The van der Waals surface area contributed by atoms with Gasteiger partial charge in [0.05, 0.1) is 11.9 Å². The Kier molecular flexibility index (Phi) is 4.95. The van der Waals surface area contributed by atoms with E-state index in [0.29, 0.717) is 6.04 Å². The van der Waals surface area contributed by atoms with Crippen molar-refractivity contribution in [3.05, 3.63) is 37.1 Å². The van der Waals surface area contributed by atoms with Crippen molar-refractivity contribution in [2.24, 2.45) is 0 Å². The van der Waals surface area contributed by atoms with Gasteiger partial charge in [-0.25, -0.2) is 9.97 Å². The third kappa shape index (κ3) is 3.81. The number of nitrogens with one attached hydrogen (secondary N) is 1. The van der Waals surface area contributed by atoms with Crippen LogP contribution in [0.25, 0.3) is 5.82 Å². The average molecular weight is 258 g/mol. The number of pyridine rings is 1. The van der Waals surface area contributed by atoms with Crippen LogP contribution in [0.2, 0.25) is 0 Å². The summed E-state index contributed by atoms with van der Waals surface area (Å²) in [6.07, 6.45) is 12.1. The molecule has 19 heavy (non-hydrogen) atoms. The lowest BCUT2D eigenvalue weighted by molar-refractivity contribution is 0.586. The quantitative estimate of drug-likeness (QED) is 0.824. The zero-order valence-electron chi connectivity index (χ0n) is 11.7. The molecule has 0 aliphatic rings. The van der Waals surface area contributed by atoms with E-state index in [1.54, 1.807) is 12.5 Å². The van der Waals surface area contributed by atoms with E-state index >= 15 is 0 Å². The second kappa shape index (κ2) is 6.92. The molecule has 0 amide bonds. The van der Waals surface area contributed by atoms with E-state index in [4.69, 9.17) is 0 Å². The first-order valence-electron chi connectivity index (χ1n) is 7.04. The molecule has 2 aromatic heterocycles. The van der Waals surface area contributed by atoms with Gasteiger partial charge >= 0.3 is 0 Å². The third-order valence-corrected chi connectivity index (χ3v) is 3.16. The summed E-state index contributed by atoms with van der Waals surface area (Å²) in [5.41, 5.74) is 1.09. The van der Waals surface area contributed by atoms with E-state index in [0.717, 1.165) is 11.5 Å². The van der Waals surface area contributed by atoms with E-state index in [1.807, 2.05) is 23.0 Å². The fourth-order valence-corrected chi connectivity index (χ4v) is 2.24. The molecular formula is C15H22N4. The first kappa shape index (κ1) is 13.6. The Labute approximate surface area is 114 Å². The van der Waals surface area contributed by atoms with Crippen molar-refractivity contribution < 1.29 is 0 Å². The van der Waals surface area contributed by atoms with Gasteiger partial charge in [0.25, 0.3) is 0 Å². The van der Waals surface area contributed by atoms with Crippen molar-refractivity contribution in [3.63, 3.8) is 0 Å². The molecule has 0 radical (unpaired) electrons. The SMILES string of the molecule is CCCC(CCC)Nc1ccc(-n2ccnc2)nc1. The minimum absolute atomic E-state index is 0.552. The second-order valence-electron chi connectivity index (χ2n) is 4.79. The van der Waals surface area contributed by atoms with Gasteiger partial charge in [-0.3, -0.25) is 4.57 Å². The van der Waals surface area contributed by atoms with Gasteiger partial charge in [-0.15, -0.1) is 0 Å². The van der Waals surface area contributed by atoms with Gasteiger partial charge in [-0.1, -0.05) is 26.7 Å². The van der Waals surface area contributed by atoms with Gasteiger partial charge in [0, 0.05) is 18.4 Å². The Bertz CT molecular complexity index is 455. The van der Waals surface area contributed by atoms with Crippen molar-refractivity contribution in [3.8, 4) is 5.82 Å². The molecule has 1 N–H and O–H groups in total. The molecule has 0 atom stereocenters. The lowest BCUT2D eigenvalue weighted by Gasteiger charge is -2.18. The molecule has 102 valence electrons. The average Bonchev–Trinajstić information content (AvgIpc) is 2.94. The Hall–Kier alpha value is -1.84. The van der Waals surface area contributed by atoms with E-state index in [2.05, 4.69) is 35.2 Å². The Balaban J connectivity index is 2.01. The summed E-state index contributed by atoms with van der Waals surface area (Å²) in [4.78, 5) is 8.48. The van der Waals surface area contributed by atoms with Crippen LogP contribution in [0.15, 0.2) is 37.1 Å². The van der Waals surface area contributed by atoms with E-state index < -0.39 is 0 Å². The number of aromatic nitrogens is 3. The molecule has 4 heteroatoms. The molecule has 0 saturated heterocycles. The molecule has 2 rings (SSSR count). The van der Waals surface area contributed by atoms with Gasteiger partial charge in [0.1, 0.15) is 12.1 Å². The molecule has 0 spiro atoms. The van der Waals surface area contributed by atoms with Crippen LogP contribution >= 0.6 is 0 Å². The Morgan fingerprint density at radius 3 is 2.53 bits per heavy atom. The molecule has 0 aromatic carbocycles. The summed E-state index contributed by atoms with van der Waals surface area (Å²) >= 11 is 0. The highest BCUT2D eigenvalue weighted by Crippen LogP contribution is 2.15. The maximum absolute atomic E-state index is 4.45. The summed E-state index contributed by atoms with van der Waals surface area (Å²) in [5.74, 6) is 0.894. The van der Waals surface area contributed by atoms with Crippen LogP contribution in [0.4, 0.5) is 5.69 Å². The molecule has 0 aliphatic carbocycles. The van der Waals surface area contributed by atoms with Crippen LogP contribution in [0.3, 0.4) is 0 Å². The fourth-order valence-electron chi connectivity index (χ4n) is 2.24. The van der Waals surface area contributed by atoms with Crippen LogP contribution < -0.4 is 5.32 Å². The topological polar surface area (TPSA) is 42.7 Å². The summed E-state index contributed by atoms with van der Waals surface area (Å²) < 4.78 is 1.90. The molecule has 2 heterocycles. The highest BCUT2D eigenvalue weighted by Gasteiger charge is 2.06. The highest BCUT2D eigenvalue weighted by molar-refractivity contribution is 5.44. The number of rotatable bonds is 7. The van der Waals surface area contributed by atoms with Crippen molar-refractivity contribution in [1.29, 1.82) is 0 Å². The molecule has 0 bridgehead atoms. The lowest BCUT2D eigenvalue weighted by atomic mass is 10.1. The summed E-state index contributed by atoms with van der Waals surface area (Å²) in [6.45, 7) is 4.45. The Morgan fingerprint density at radius 2 is 2.00 bits per heavy atom. The van der Waals surface area contributed by atoms with Crippen molar-refractivity contribution in [2.75, 3.05) is 5.32 Å². The van der Waals surface area contributed by atoms with Crippen LogP contribution in [-0.4, -0.2) is 20.6 Å². The number of hydrogen-bond donors (Lipinski definition) is 1. The van der Waals surface area contributed by atoms with Crippen LogP contribution in [0.5, 0.6) is 0 Å². The van der Waals surface area contributed by atoms with Gasteiger partial charge in [-0.2, -0.15) is 0 Å². The first-order valence-corrected chi connectivity index (χ1v) is 7.04. The molecule has 0 aliphatic heterocycles. The fraction of sp³-hybridized carbons (Fsp3) is 0.467. The van der Waals surface area contributed by atoms with Gasteiger partial charge in [0.15, 0.2) is 0 Å². The monoisotopic (exact) mass is 258 g/mol. The predicted molar refractivity (Wildman–Crippen MR) is 78.6 cm³/mol. The van der Waals surface area contributed by atoms with Crippen LogP contribution in [0.1, 0.15) is 39.5 Å². The summed E-state index contributed by atoms with van der Waals surface area (Å²) in [5, 5.41) is 3.57. The second-order valence-corrected chi connectivity index (χ2v) is 4.79. The van der Waals surface area contributed by atoms with Crippen molar-refractivity contribution >= 4 is 5.69 Å². The standard InChI is InChI=1S/C15H22N4/c1-3-5-13(6-4-2)18-14-7-8-15(17-11-14)19-10-9-16-12-19/h7-13,18H,3-6H2,1-2H3. The van der Waals surface area contributed by atoms with Gasteiger partial charge in [-0.05, 0) is 25.0 Å². The first-order chi connectivity index (χ1) is 9.33. The van der Waals surface area contributed by atoms with Gasteiger partial charge < -0.3 is 5.32 Å². The third-order valence-electron chi connectivity index (χ3n) is 3.16. The maximum atomic E-state index is 4.45. The zero-order valence-corrected chi connectivity index (χ0v) is 11.7. The predicted octanol–water partition coefficient (Wildman–Crippen LogP) is 3.65. The van der Waals surface area contributed by atoms with Crippen molar-refractivity contribution in [2.45, 2.75) is 45.6 Å². The maximum Gasteiger partial charge on any atom is 0.137 e.